The number of pyridine rings is 1. The summed E-state index contributed by atoms with van der Waals surface area (Å²) < 4.78 is 25.9. The molecule has 2 heterocycles. The van der Waals surface area contributed by atoms with Crippen molar-refractivity contribution in [3.63, 3.8) is 0 Å². The number of Topliss-reactive ketones (excluding diaryl/α,β-unsaturated/α-hetero) is 1. The van der Waals surface area contributed by atoms with Crippen LogP contribution < -0.4 is 9.47 Å². The highest BCUT2D eigenvalue weighted by molar-refractivity contribution is 6.32. The van der Waals surface area contributed by atoms with E-state index in [-0.39, 0.29) is 29.5 Å². The SMILES string of the molecule is O=C(Cc1ccc(F)c(-c2ccc(Cl)cc2)n1)c1ccc(Oc2cc3c(cc2Cl)C(C(=O)O)CCO3)cc1. The Kier molecular flexibility index (Phi) is 7.31. The van der Waals surface area contributed by atoms with Crippen molar-refractivity contribution in [3.05, 3.63) is 105 Å². The number of benzene rings is 3. The maximum absolute atomic E-state index is 14.4. The molecule has 4 aromatic rings. The van der Waals surface area contributed by atoms with Gasteiger partial charge in [-0.05, 0) is 61.0 Å². The lowest BCUT2D eigenvalue weighted by molar-refractivity contribution is -0.139. The molecule has 0 aliphatic carbocycles. The lowest BCUT2D eigenvalue weighted by atomic mass is 9.93. The molecular formula is C29H20Cl2FNO5. The Morgan fingerprint density at radius 2 is 1.76 bits per heavy atom. The molecule has 6 nitrogen and oxygen atoms in total. The number of nitrogens with zero attached hydrogens (tertiary/aromatic N) is 1. The second kappa shape index (κ2) is 10.8. The summed E-state index contributed by atoms with van der Waals surface area (Å²) in [5.74, 6) is -1.16. The van der Waals surface area contributed by atoms with Gasteiger partial charge in [-0.2, -0.15) is 0 Å². The van der Waals surface area contributed by atoms with Gasteiger partial charge in [0.25, 0.3) is 0 Å². The molecule has 5 rings (SSSR count). The minimum absolute atomic E-state index is 0.0141. The van der Waals surface area contributed by atoms with E-state index in [4.69, 9.17) is 32.7 Å². The van der Waals surface area contributed by atoms with Crippen LogP contribution in [0.1, 0.15) is 34.0 Å². The van der Waals surface area contributed by atoms with E-state index in [0.717, 1.165) is 0 Å². The second-order valence-electron chi connectivity index (χ2n) is 8.71. The number of fused-ring (bicyclic) bond motifs is 1. The van der Waals surface area contributed by atoms with Crippen LogP contribution in [-0.4, -0.2) is 28.4 Å². The number of hydrogen-bond donors (Lipinski definition) is 1. The highest BCUT2D eigenvalue weighted by Gasteiger charge is 2.29. The van der Waals surface area contributed by atoms with Gasteiger partial charge in [0.1, 0.15) is 28.8 Å². The van der Waals surface area contributed by atoms with E-state index in [0.29, 0.717) is 51.1 Å². The molecule has 0 radical (unpaired) electrons. The maximum atomic E-state index is 14.4. The first kappa shape index (κ1) is 25.7. The number of carbonyl (C=O) groups excluding carboxylic acids is 1. The molecule has 0 fully saturated rings. The predicted octanol–water partition coefficient (Wildman–Crippen LogP) is 7.36. The number of carbonyl (C=O) groups is 2. The third-order valence-electron chi connectivity index (χ3n) is 6.17. The zero-order chi connectivity index (χ0) is 26.8. The normalized spacial score (nSPS) is 14.3. The topological polar surface area (TPSA) is 85.7 Å². The van der Waals surface area contributed by atoms with E-state index < -0.39 is 17.7 Å². The fourth-order valence-electron chi connectivity index (χ4n) is 4.22. The molecule has 38 heavy (non-hydrogen) atoms. The molecule has 1 aliphatic heterocycles. The van der Waals surface area contributed by atoms with Crippen LogP contribution in [0.2, 0.25) is 10.0 Å². The van der Waals surface area contributed by atoms with E-state index in [2.05, 4.69) is 4.98 Å². The Bertz CT molecular complexity index is 1520. The van der Waals surface area contributed by atoms with Crippen molar-refractivity contribution in [2.75, 3.05) is 6.61 Å². The Morgan fingerprint density at radius 1 is 1.03 bits per heavy atom. The molecular weight excluding hydrogens is 532 g/mol. The Balaban J connectivity index is 1.29. The number of hydrogen-bond acceptors (Lipinski definition) is 5. The van der Waals surface area contributed by atoms with Gasteiger partial charge in [0.2, 0.25) is 0 Å². The van der Waals surface area contributed by atoms with Crippen molar-refractivity contribution < 1.29 is 28.6 Å². The third kappa shape index (κ3) is 5.49. The molecule has 1 aliphatic rings. The van der Waals surface area contributed by atoms with Crippen molar-refractivity contribution in [3.8, 4) is 28.5 Å². The molecule has 1 atom stereocenters. The summed E-state index contributed by atoms with van der Waals surface area (Å²) in [6, 6.07) is 19.0. The number of carboxylic acids is 1. The van der Waals surface area contributed by atoms with Crippen LogP contribution in [0.4, 0.5) is 4.39 Å². The van der Waals surface area contributed by atoms with Gasteiger partial charge >= 0.3 is 5.97 Å². The molecule has 1 aromatic heterocycles. The molecule has 9 heteroatoms. The summed E-state index contributed by atoms with van der Waals surface area (Å²) in [5, 5.41) is 10.2. The van der Waals surface area contributed by atoms with Crippen LogP contribution in [0.15, 0.2) is 72.8 Å². The summed E-state index contributed by atoms with van der Waals surface area (Å²) in [7, 11) is 0. The van der Waals surface area contributed by atoms with E-state index >= 15 is 0 Å². The van der Waals surface area contributed by atoms with Gasteiger partial charge < -0.3 is 14.6 Å². The lowest BCUT2D eigenvalue weighted by Crippen LogP contribution is -2.20. The van der Waals surface area contributed by atoms with Crippen molar-refractivity contribution in [1.29, 1.82) is 0 Å². The van der Waals surface area contributed by atoms with Gasteiger partial charge in [0.15, 0.2) is 5.78 Å². The van der Waals surface area contributed by atoms with Gasteiger partial charge in [-0.15, -0.1) is 0 Å². The number of aromatic nitrogens is 1. The predicted molar refractivity (Wildman–Crippen MR) is 141 cm³/mol. The van der Waals surface area contributed by atoms with Crippen molar-refractivity contribution in [2.24, 2.45) is 0 Å². The van der Waals surface area contributed by atoms with Gasteiger partial charge in [-0.3, -0.25) is 9.59 Å². The molecule has 0 amide bonds. The molecule has 0 saturated carbocycles. The van der Waals surface area contributed by atoms with E-state index in [1.807, 2.05) is 0 Å². The molecule has 1 unspecified atom stereocenters. The van der Waals surface area contributed by atoms with Crippen LogP contribution in [0.3, 0.4) is 0 Å². The summed E-state index contributed by atoms with van der Waals surface area (Å²) in [6.45, 7) is 0.284. The summed E-state index contributed by atoms with van der Waals surface area (Å²) >= 11 is 12.3. The van der Waals surface area contributed by atoms with Crippen molar-refractivity contribution in [2.45, 2.75) is 18.8 Å². The van der Waals surface area contributed by atoms with Gasteiger partial charge in [0, 0.05) is 33.5 Å². The molecule has 0 spiro atoms. The first-order chi connectivity index (χ1) is 18.3. The second-order valence-corrected chi connectivity index (χ2v) is 9.56. The minimum Gasteiger partial charge on any atom is -0.493 e. The molecule has 3 aromatic carbocycles. The van der Waals surface area contributed by atoms with Crippen molar-refractivity contribution >= 4 is 35.0 Å². The average Bonchev–Trinajstić information content (AvgIpc) is 2.90. The summed E-state index contributed by atoms with van der Waals surface area (Å²) in [4.78, 5) is 28.8. The fourth-order valence-corrected chi connectivity index (χ4v) is 4.55. The van der Waals surface area contributed by atoms with Gasteiger partial charge in [-0.25, -0.2) is 9.37 Å². The average molecular weight is 552 g/mol. The molecule has 1 N–H and O–H groups in total. The first-order valence-corrected chi connectivity index (χ1v) is 12.5. The van der Waals surface area contributed by atoms with Gasteiger partial charge in [-0.1, -0.05) is 35.3 Å². The number of ketones is 1. The largest absolute Gasteiger partial charge is 0.493 e. The Morgan fingerprint density at radius 3 is 2.47 bits per heavy atom. The number of halogens is 3. The number of aliphatic carboxylic acids is 1. The van der Waals surface area contributed by atoms with Crippen LogP contribution in [0.5, 0.6) is 17.2 Å². The van der Waals surface area contributed by atoms with E-state index in [9.17, 15) is 19.1 Å². The molecule has 192 valence electrons. The standard InChI is InChI=1S/C29H20Cl2FNO5/c30-18-5-1-17(2-6-18)28-24(32)10-7-19(33-28)13-25(34)16-3-8-20(9-4-16)38-27-15-26-22(14-23(27)31)21(29(35)36)11-12-37-26/h1-10,14-15,21H,11-13H2,(H,35,36). The number of carboxylic acid groups (broad SMARTS) is 1. The highest BCUT2D eigenvalue weighted by Crippen LogP contribution is 2.41. The fraction of sp³-hybridized carbons (Fsp3) is 0.138. The van der Waals surface area contributed by atoms with Gasteiger partial charge in [0.05, 0.1) is 24.0 Å². The van der Waals surface area contributed by atoms with Crippen LogP contribution in [0, 0.1) is 5.82 Å². The summed E-state index contributed by atoms with van der Waals surface area (Å²) in [5.41, 5.74) is 2.09. The lowest BCUT2D eigenvalue weighted by Gasteiger charge is -2.24. The molecule has 0 bridgehead atoms. The monoisotopic (exact) mass is 551 g/mol. The highest BCUT2D eigenvalue weighted by atomic mass is 35.5. The zero-order valence-electron chi connectivity index (χ0n) is 19.8. The van der Waals surface area contributed by atoms with E-state index in [1.165, 1.54) is 12.1 Å². The smallest absolute Gasteiger partial charge is 0.311 e. The van der Waals surface area contributed by atoms with Crippen LogP contribution >= 0.6 is 23.2 Å². The summed E-state index contributed by atoms with van der Waals surface area (Å²) in [6.07, 6.45) is 0.351. The number of ether oxygens (including phenoxy) is 2. The quantitative estimate of drug-likeness (QED) is 0.241. The zero-order valence-corrected chi connectivity index (χ0v) is 21.3. The van der Waals surface area contributed by atoms with Crippen molar-refractivity contribution in [1.82, 2.24) is 4.98 Å². The Hall–Kier alpha value is -3.94. The van der Waals surface area contributed by atoms with Crippen LogP contribution in [0.25, 0.3) is 11.3 Å². The minimum atomic E-state index is -0.934. The first-order valence-electron chi connectivity index (χ1n) is 11.7. The maximum Gasteiger partial charge on any atom is 0.311 e. The third-order valence-corrected chi connectivity index (χ3v) is 6.72. The van der Waals surface area contributed by atoms with Crippen LogP contribution in [-0.2, 0) is 11.2 Å². The molecule has 0 saturated heterocycles. The number of rotatable bonds is 7. The Labute approximate surface area is 227 Å². The van der Waals surface area contributed by atoms with E-state index in [1.54, 1.807) is 60.7 Å².